The van der Waals surface area contributed by atoms with Gasteiger partial charge in [0.15, 0.2) is 0 Å². The summed E-state index contributed by atoms with van der Waals surface area (Å²) >= 11 is 0. The summed E-state index contributed by atoms with van der Waals surface area (Å²) in [7, 11) is 1.75. The number of hydrogen-bond acceptors (Lipinski definition) is 2. The maximum Gasteiger partial charge on any atom is 0.0519 e. The minimum atomic E-state index is 0.449. The fraction of sp³-hybridized carbons (Fsp3) is 0.500. The van der Waals surface area contributed by atoms with Gasteiger partial charge in [-0.15, -0.1) is 0 Å². The molecule has 0 aromatic rings. The lowest BCUT2D eigenvalue weighted by Gasteiger charge is -2.12. The first-order valence-electron chi connectivity index (χ1n) is 4.16. The van der Waals surface area contributed by atoms with E-state index in [0.717, 1.165) is 11.4 Å². The number of aliphatic imine (C=N–C) groups is 1. The second-order valence-electron chi connectivity index (χ2n) is 2.94. The lowest BCUT2D eigenvalue weighted by atomic mass is 10.1. The summed E-state index contributed by atoms with van der Waals surface area (Å²) < 4.78 is 0. The highest BCUT2D eigenvalue weighted by atomic mass is 14.9. The van der Waals surface area contributed by atoms with Crippen molar-refractivity contribution >= 4 is 6.21 Å². The second-order valence-corrected chi connectivity index (χ2v) is 2.94. The zero-order valence-corrected chi connectivity index (χ0v) is 8.39. The van der Waals surface area contributed by atoms with Gasteiger partial charge in [-0.05, 0) is 12.8 Å². The van der Waals surface area contributed by atoms with Gasteiger partial charge in [0.05, 0.1) is 5.70 Å². The number of hydrogen-bond donors (Lipinski definition) is 1. The van der Waals surface area contributed by atoms with E-state index in [-0.39, 0.29) is 0 Å². The quantitative estimate of drug-likeness (QED) is 0.637. The molecule has 0 rings (SSSR count). The highest BCUT2D eigenvalue weighted by Crippen LogP contribution is 2.04. The SMILES string of the molecule is C=C(NC(/C=N/C)=C/C)C(C)C. The normalized spacial score (nSPS) is 12.6. The Balaban J connectivity index is 4.14. The fourth-order valence-electron chi connectivity index (χ4n) is 0.648. The van der Waals surface area contributed by atoms with Gasteiger partial charge in [0, 0.05) is 19.0 Å². The van der Waals surface area contributed by atoms with E-state index in [1.54, 1.807) is 13.3 Å². The van der Waals surface area contributed by atoms with Gasteiger partial charge in [0.1, 0.15) is 0 Å². The Labute approximate surface area is 75.1 Å². The van der Waals surface area contributed by atoms with E-state index in [2.05, 4.69) is 30.7 Å². The van der Waals surface area contributed by atoms with Crippen LogP contribution in [0.3, 0.4) is 0 Å². The maximum atomic E-state index is 3.92. The Morgan fingerprint density at radius 3 is 2.42 bits per heavy atom. The molecule has 0 aromatic carbocycles. The maximum absolute atomic E-state index is 3.92. The Morgan fingerprint density at radius 1 is 1.50 bits per heavy atom. The third kappa shape index (κ3) is 3.96. The van der Waals surface area contributed by atoms with Crippen molar-refractivity contribution in [3.8, 4) is 0 Å². The molecule has 12 heavy (non-hydrogen) atoms. The van der Waals surface area contributed by atoms with Crippen LogP contribution in [0.4, 0.5) is 0 Å². The lowest BCUT2D eigenvalue weighted by Crippen LogP contribution is -2.16. The fourth-order valence-corrected chi connectivity index (χ4v) is 0.648. The second kappa shape index (κ2) is 5.58. The molecule has 0 aliphatic carbocycles. The Morgan fingerprint density at radius 2 is 2.08 bits per heavy atom. The van der Waals surface area contributed by atoms with E-state index in [9.17, 15) is 0 Å². The van der Waals surface area contributed by atoms with Crippen molar-refractivity contribution in [2.45, 2.75) is 20.8 Å². The molecule has 0 spiro atoms. The zero-order valence-electron chi connectivity index (χ0n) is 8.39. The van der Waals surface area contributed by atoms with Crippen LogP contribution in [0.25, 0.3) is 0 Å². The van der Waals surface area contributed by atoms with Crippen molar-refractivity contribution in [2.75, 3.05) is 7.05 Å². The van der Waals surface area contributed by atoms with Crippen LogP contribution in [-0.2, 0) is 0 Å². The average Bonchev–Trinajstić information content (AvgIpc) is 2.03. The Kier molecular flexibility index (Phi) is 5.09. The van der Waals surface area contributed by atoms with Gasteiger partial charge >= 0.3 is 0 Å². The molecule has 0 heterocycles. The van der Waals surface area contributed by atoms with Crippen molar-refractivity contribution in [3.63, 3.8) is 0 Å². The van der Waals surface area contributed by atoms with Crippen LogP contribution in [0, 0.1) is 5.92 Å². The van der Waals surface area contributed by atoms with E-state index in [0.29, 0.717) is 5.92 Å². The predicted octanol–water partition coefficient (Wildman–Crippen LogP) is 2.35. The number of allylic oxidation sites excluding steroid dienone is 3. The van der Waals surface area contributed by atoms with E-state index >= 15 is 0 Å². The molecular formula is C10H18N2. The smallest absolute Gasteiger partial charge is 0.0519 e. The highest BCUT2D eigenvalue weighted by Gasteiger charge is 1.99. The largest absolute Gasteiger partial charge is 0.358 e. The molecule has 0 aliphatic heterocycles. The molecule has 0 unspecified atom stereocenters. The van der Waals surface area contributed by atoms with Gasteiger partial charge in [-0.1, -0.05) is 26.5 Å². The number of nitrogens with zero attached hydrogens (tertiary/aromatic N) is 1. The molecule has 0 radical (unpaired) electrons. The van der Waals surface area contributed by atoms with Crippen molar-refractivity contribution in [1.82, 2.24) is 5.32 Å². The first-order valence-corrected chi connectivity index (χ1v) is 4.16. The first-order chi connectivity index (χ1) is 5.61. The molecule has 0 aromatic heterocycles. The number of rotatable bonds is 4. The molecule has 0 bridgehead atoms. The molecule has 0 atom stereocenters. The monoisotopic (exact) mass is 166 g/mol. The Hall–Kier alpha value is -1.05. The minimum Gasteiger partial charge on any atom is -0.358 e. The molecule has 0 aliphatic rings. The van der Waals surface area contributed by atoms with E-state index in [4.69, 9.17) is 0 Å². The van der Waals surface area contributed by atoms with Crippen molar-refractivity contribution < 1.29 is 0 Å². The summed E-state index contributed by atoms with van der Waals surface area (Å²) in [6.07, 6.45) is 3.76. The zero-order chi connectivity index (χ0) is 9.56. The van der Waals surface area contributed by atoms with Gasteiger partial charge in [-0.25, -0.2) is 0 Å². The van der Waals surface area contributed by atoms with Gasteiger partial charge in [-0.2, -0.15) is 0 Å². The van der Waals surface area contributed by atoms with Gasteiger partial charge in [-0.3, -0.25) is 4.99 Å². The van der Waals surface area contributed by atoms with Crippen LogP contribution in [0.15, 0.2) is 29.0 Å². The summed E-state index contributed by atoms with van der Waals surface area (Å²) in [4.78, 5) is 3.92. The molecule has 1 N–H and O–H groups in total. The first kappa shape index (κ1) is 11.0. The van der Waals surface area contributed by atoms with Crippen LogP contribution in [0.2, 0.25) is 0 Å². The highest BCUT2D eigenvalue weighted by molar-refractivity contribution is 5.77. The average molecular weight is 166 g/mol. The van der Waals surface area contributed by atoms with Crippen LogP contribution in [0.5, 0.6) is 0 Å². The van der Waals surface area contributed by atoms with Crippen LogP contribution in [-0.4, -0.2) is 13.3 Å². The van der Waals surface area contributed by atoms with E-state index < -0.39 is 0 Å². The van der Waals surface area contributed by atoms with Crippen molar-refractivity contribution in [2.24, 2.45) is 10.9 Å². The third-order valence-corrected chi connectivity index (χ3v) is 1.58. The molecule has 2 nitrogen and oxygen atoms in total. The standard InChI is InChI=1S/C10H18N2/c1-6-10(7-11-5)12-9(4)8(2)3/h6-8,12H,4H2,1-3,5H3/b10-6+,11-7+. The molecule has 2 heteroatoms. The van der Waals surface area contributed by atoms with Crippen LogP contribution >= 0.6 is 0 Å². The van der Waals surface area contributed by atoms with Crippen LogP contribution in [0.1, 0.15) is 20.8 Å². The molecule has 0 fully saturated rings. The summed E-state index contributed by atoms with van der Waals surface area (Å²) in [5, 5.41) is 3.18. The number of nitrogens with one attached hydrogen (secondary N) is 1. The van der Waals surface area contributed by atoms with E-state index in [1.807, 2.05) is 13.0 Å². The molecule has 0 saturated heterocycles. The van der Waals surface area contributed by atoms with Crippen molar-refractivity contribution in [1.29, 1.82) is 0 Å². The molecule has 68 valence electrons. The van der Waals surface area contributed by atoms with Gasteiger partial charge in [0.2, 0.25) is 0 Å². The molecular weight excluding hydrogens is 148 g/mol. The van der Waals surface area contributed by atoms with Gasteiger partial charge in [0.25, 0.3) is 0 Å². The predicted molar refractivity (Wildman–Crippen MR) is 55.3 cm³/mol. The topological polar surface area (TPSA) is 24.4 Å². The third-order valence-electron chi connectivity index (χ3n) is 1.58. The van der Waals surface area contributed by atoms with Gasteiger partial charge < -0.3 is 5.32 Å². The Bertz CT molecular complexity index is 200. The minimum absolute atomic E-state index is 0.449. The summed E-state index contributed by atoms with van der Waals surface area (Å²) in [5.41, 5.74) is 2.01. The van der Waals surface area contributed by atoms with Crippen LogP contribution < -0.4 is 5.32 Å². The van der Waals surface area contributed by atoms with E-state index in [1.165, 1.54) is 0 Å². The summed E-state index contributed by atoms with van der Waals surface area (Å²) in [6, 6.07) is 0. The molecule has 0 saturated carbocycles. The summed E-state index contributed by atoms with van der Waals surface area (Å²) in [5.74, 6) is 0.449. The summed E-state index contributed by atoms with van der Waals surface area (Å²) in [6.45, 7) is 10.1. The lowest BCUT2D eigenvalue weighted by molar-refractivity contribution is 0.712. The van der Waals surface area contributed by atoms with Crippen molar-refractivity contribution in [3.05, 3.63) is 24.0 Å². The molecule has 0 amide bonds.